The Kier molecular flexibility index (Phi) is 5.37. The molecule has 0 saturated heterocycles. The van der Waals surface area contributed by atoms with Crippen molar-refractivity contribution >= 4 is 14.4 Å². The summed E-state index contributed by atoms with van der Waals surface area (Å²) in [5.41, 5.74) is 1.62. The van der Waals surface area contributed by atoms with Gasteiger partial charge in [0.2, 0.25) is 0 Å². The molecule has 4 heteroatoms. The molecule has 25 heavy (non-hydrogen) atoms. The van der Waals surface area contributed by atoms with Gasteiger partial charge in [0, 0.05) is 0 Å². The van der Waals surface area contributed by atoms with Crippen LogP contribution < -0.4 is 4.74 Å². The van der Waals surface area contributed by atoms with E-state index in [2.05, 4.69) is 0 Å². The molecule has 0 saturated carbocycles. The molecular formula is C21H17O3P. The lowest BCUT2D eigenvalue weighted by atomic mass is 9.87. The van der Waals surface area contributed by atoms with E-state index >= 15 is 0 Å². The predicted molar refractivity (Wildman–Crippen MR) is 98.0 cm³/mol. The normalized spacial score (nSPS) is 11.2. The van der Waals surface area contributed by atoms with Gasteiger partial charge in [-0.2, -0.15) is 0 Å². The summed E-state index contributed by atoms with van der Waals surface area (Å²) in [5, 5.41) is -0.978. The topological polar surface area (TPSA) is 43.4 Å². The minimum atomic E-state index is -0.978. The standard InChI is InChI=1S/C21H17O3P/c22-20(24-19-14-8-3-9-15-19)16-21(25-23,17-10-4-1-5-11-17)18-12-6-2-7-13-18/h1-15H,16H2. The number of hydrogen-bond donors (Lipinski definition) is 0. The first-order valence-electron chi connectivity index (χ1n) is 7.96. The molecule has 0 amide bonds. The summed E-state index contributed by atoms with van der Waals surface area (Å²) in [5.74, 6) is 0.0485. The molecule has 0 atom stereocenters. The molecular weight excluding hydrogens is 331 g/mol. The third kappa shape index (κ3) is 3.84. The lowest BCUT2D eigenvalue weighted by Crippen LogP contribution is -2.27. The highest BCUT2D eigenvalue weighted by Crippen LogP contribution is 2.45. The molecule has 0 aliphatic rings. The van der Waals surface area contributed by atoms with Crippen LogP contribution in [0.1, 0.15) is 17.5 Å². The van der Waals surface area contributed by atoms with Crippen molar-refractivity contribution in [1.29, 1.82) is 0 Å². The average Bonchev–Trinajstić information content (AvgIpc) is 2.68. The van der Waals surface area contributed by atoms with Gasteiger partial charge in [-0.1, -0.05) is 78.9 Å². The summed E-state index contributed by atoms with van der Waals surface area (Å²) in [4.78, 5) is 12.6. The van der Waals surface area contributed by atoms with Crippen molar-refractivity contribution in [2.75, 3.05) is 0 Å². The van der Waals surface area contributed by atoms with Crippen LogP contribution in [0.2, 0.25) is 0 Å². The number of rotatable bonds is 6. The highest BCUT2D eigenvalue weighted by molar-refractivity contribution is 7.26. The smallest absolute Gasteiger partial charge is 0.313 e. The van der Waals surface area contributed by atoms with Crippen molar-refractivity contribution in [2.24, 2.45) is 0 Å². The van der Waals surface area contributed by atoms with Crippen molar-refractivity contribution in [2.45, 2.75) is 11.6 Å². The van der Waals surface area contributed by atoms with Gasteiger partial charge in [-0.15, -0.1) is 0 Å². The van der Waals surface area contributed by atoms with Crippen molar-refractivity contribution in [3.05, 3.63) is 102 Å². The molecule has 0 spiro atoms. The largest absolute Gasteiger partial charge is 0.426 e. The Bertz CT molecular complexity index is 793. The second kappa shape index (κ2) is 7.87. The molecule has 3 rings (SSSR count). The van der Waals surface area contributed by atoms with E-state index in [4.69, 9.17) is 4.74 Å². The number of hydrogen-bond acceptors (Lipinski definition) is 3. The first kappa shape index (κ1) is 17.1. The van der Waals surface area contributed by atoms with E-state index < -0.39 is 11.1 Å². The van der Waals surface area contributed by atoms with Gasteiger partial charge < -0.3 is 4.74 Å². The summed E-state index contributed by atoms with van der Waals surface area (Å²) < 4.78 is 17.7. The lowest BCUT2D eigenvalue weighted by Gasteiger charge is -2.27. The van der Waals surface area contributed by atoms with Gasteiger partial charge in [-0.25, -0.2) is 0 Å². The minimum absolute atomic E-state index is 0.0268. The lowest BCUT2D eigenvalue weighted by molar-refractivity contribution is -0.134. The molecule has 0 aromatic heterocycles. The average molecular weight is 348 g/mol. The highest BCUT2D eigenvalue weighted by Gasteiger charge is 2.38. The van der Waals surface area contributed by atoms with Crippen molar-refractivity contribution in [1.82, 2.24) is 0 Å². The SMILES string of the molecule is O=PC(CC(=O)Oc1ccccc1)(c1ccccc1)c1ccccc1. The monoisotopic (exact) mass is 348 g/mol. The van der Waals surface area contributed by atoms with E-state index in [1.54, 1.807) is 24.3 Å². The summed E-state index contributed by atoms with van der Waals surface area (Å²) in [6.45, 7) is 0. The first-order chi connectivity index (χ1) is 12.2. The van der Waals surface area contributed by atoms with E-state index in [-0.39, 0.29) is 14.9 Å². The zero-order valence-electron chi connectivity index (χ0n) is 13.5. The van der Waals surface area contributed by atoms with Gasteiger partial charge in [0.25, 0.3) is 0 Å². The molecule has 0 aliphatic heterocycles. The summed E-state index contributed by atoms with van der Waals surface area (Å²) >= 11 is 0. The van der Waals surface area contributed by atoms with Crippen LogP contribution in [0.4, 0.5) is 0 Å². The number of para-hydroxylation sites is 1. The predicted octanol–water partition coefficient (Wildman–Crippen LogP) is 5.22. The molecule has 0 unspecified atom stereocenters. The maximum Gasteiger partial charge on any atom is 0.313 e. The van der Waals surface area contributed by atoms with Crippen LogP contribution in [0.5, 0.6) is 5.75 Å². The van der Waals surface area contributed by atoms with Crippen LogP contribution >= 0.6 is 8.46 Å². The van der Waals surface area contributed by atoms with E-state index in [1.807, 2.05) is 66.7 Å². The van der Waals surface area contributed by atoms with Crippen LogP contribution in [0.25, 0.3) is 0 Å². The molecule has 0 aliphatic carbocycles. The molecule has 3 aromatic rings. The fraction of sp³-hybridized carbons (Fsp3) is 0.0952. The second-order valence-corrected chi connectivity index (χ2v) is 6.59. The first-order valence-corrected chi connectivity index (χ1v) is 8.77. The highest BCUT2D eigenvalue weighted by atomic mass is 31.1. The van der Waals surface area contributed by atoms with E-state index in [9.17, 15) is 9.36 Å². The molecule has 3 nitrogen and oxygen atoms in total. The minimum Gasteiger partial charge on any atom is -0.426 e. The number of carbonyl (C=O) groups is 1. The Hall–Kier alpha value is -2.77. The zero-order valence-corrected chi connectivity index (χ0v) is 14.4. The fourth-order valence-electron chi connectivity index (χ4n) is 2.80. The molecule has 3 aromatic carbocycles. The number of esters is 1. The van der Waals surface area contributed by atoms with Crippen molar-refractivity contribution in [3.63, 3.8) is 0 Å². The van der Waals surface area contributed by atoms with Gasteiger partial charge >= 0.3 is 5.97 Å². The molecule has 124 valence electrons. The van der Waals surface area contributed by atoms with Gasteiger partial charge in [0.1, 0.15) is 10.9 Å². The Morgan fingerprint density at radius 1 is 0.760 bits per heavy atom. The van der Waals surface area contributed by atoms with E-state index in [0.717, 1.165) is 11.1 Å². The maximum atomic E-state index is 12.6. The molecule has 0 N–H and O–H groups in total. The maximum absolute atomic E-state index is 12.6. The van der Waals surface area contributed by atoms with Crippen LogP contribution in [-0.2, 0) is 14.5 Å². The zero-order chi connectivity index (χ0) is 17.5. The number of ether oxygens (including phenoxy) is 1. The second-order valence-electron chi connectivity index (χ2n) is 5.65. The van der Waals surface area contributed by atoms with Gasteiger partial charge in [0.05, 0.1) is 6.42 Å². The quantitative estimate of drug-likeness (QED) is 0.349. The number of carbonyl (C=O) groups excluding carboxylic acids is 1. The Balaban J connectivity index is 1.97. The Morgan fingerprint density at radius 2 is 1.20 bits per heavy atom. The summed E-state index contributed by atoms with van der Waals surface area (Å²) in [6, 6.07) is 27.7. The fourth-order valence-corrected chi connectivity index (χ4v) is 3.50. The van der Waals surface area contributed by atoms with Crippen molar-refractivity contribution < 1.29 is 14.1 Å². The van der Waals surface area contributed by atoms with Crippen LogP contribution in [0, 0.1) is 0 Å². The van der Waals surface area contributed by atoms with E-state index in [1.165, 1.54) is 0 Å². The van der Waals surface area contributed by atoms with Crippen LogP contribution in [-0.4, -0.2) is 5.97 Å². The summed E-state index contributed by atoms with van der Waals surface area (Å²) in [7, 11) is -0.156. The van der Waals surface area contributed by atoms with Gasteiger partial charge in [0.15, 0.2) is 8.46 Å². The Labute approximate surface area is 148 Å². The summed E-state index contributed by atoms with van der Waals surface area (Å²) in [6.07, 6.45) is -0.0268. The number of benzene rings is 3. The third-order valence-electron chi connectivity index (χ3n) is 4.03. The van der Waals surface area contributed by atoms with Crippen LogP contribution in [0.3, 0.4) is 0 Å². The molecule has 0 bridgehead atoms. The molecule has 0 radical (unpaired) electrons. The Morgan fingerprint density at radius 3 is 1.64 bits per heavy atom. The van der Waals surface area contributed by atoms with Crippen molar-refractivity contribution in [3.8, 4) is 5.75 Å². The third-order valence-corrected chi connectivity index (χ3v) is 5.02. The van der Waals surface area contributed by atoms with E-state index in [0.29, 0.717) is 5.75 Å². The van der Waals surface area contributed by atoms with Crippen LogP contribution in [0.15, 0.2) is 91.0 Å². The van der Waals surface area contributed by atoms with Gasteiger partial charge in [-0.3, -0.25) is 9.36 Å². The molecule has 0 fully saturated rings. The van der Waals surface area contributed by atoms with Gasteiger partial charge in [-0.05, 0) is 23.3 Å². The molecule has 0 heterocycles.